The van der Waals surface area contributed by atoms with E-state index in [9.17, 15) is 18.3 Å². The molecule has 0 bridgehead atoms. The Bertz CT molecular complexity index is 1220. The smallest absolute Gasteiger partial charge is 0.261 e. The second-order valence-electron chi connectivity index (χ2n) is 6.42. The Morgan fingerprint density at radius 3 is 2.55 bits per heavy atom. The van der Waals surface area contributed by atoms with E-state index >= 15 is 0 Å². The van der Waals surface area contributed by atoms with Gasteiger partial charge in [-0.25, -0.2) is 8.42 Å². The van der Waals surface area contributed by atoms with E-state index < -0.39 is 15.8 Å². The summed E-state index contributed by atoms with van der Waals surface area (Å²) < 4.78 is 32.8. The first-order valence-electron chi connectivity index (χ1n) is 9.07. The maximum atomic E-state index is 12.7. The van der Waals surface area contributed by atoms with Crippen LogP contribution in [0.3, 0.4) is 0 Å². The van der Waals surface area contributed by atoms with Crippen LogP contribution in [0.15, 0.2) is 76.6 Å². The number of anilines is 1. The van der Waals surface area contributed by atoms with E-state index in [1.807, 2.05) is 0 Å². The molecule has 0 unspecified atom stereocenters. The van der Waals surface area contributed by atoms with Crippen LogP contribution in [0, 0.1) is 0 Å². The maximum Gasteiger partial charge on any atom is 0.261 e. The Hall–Kier alpha value is -3.36. The van der Waals surface area contributed by atoms with E-state index in [2.05, 4.69) is 9.71 Å². The molecule has 3 aromatic rings. The minimum absolute atomic E-state index is 0.00637. The molecule has 0 fully saturated rings. The Kier molecular flexibility index (Phi) is 6.94. The number of phenolic OH excluding ortho intramolecular Hbond substituents is 1. The molecule has 0 radical (unpaired) electrons. The van der Waals surface area contributed by atoms with Crippen LogP contribution < -0.4 is 9.46 Å². The topological polar surface area (TPSA) is 105 Å². The third kappa shape index (κ3) is 5.62. The summed E-state index contributed by atoms with van der Waals surface area (Å²) in [7, 11) is -2.41. The van der Waals surface area contributed by atoms with Crippen molar-refractivity contribution in [2.24, 2.45) is 4.99 Å². The van der Waals surface area contributed by atoms with Crippen molar-refractivity contribution in [2.75, 3.05) is 18.4 Å². The van der Waals surface area contributed by atoms with Crippen LogP contribution in [-0.4, -0.2) is 39.2 Å². The standard InChI is InChI=1S/C22H19ClN2O5S/c1-30-17-8-11-21(26)15(12-17)13-24-14-22(27)19-4-2-3-5-20(19)25-31(28,29)18-9-6-16(23)7-10-18/h2-13,25-26H,14H2,1H3. The van der Waals surface area contributed by atoms with Gasteiger partial charge in [0.25, 0.3) is 10.0 Å². The van der Waals surface area contributed by atoms with Gasteiger partial charge in [-0.1, -0.05) is 23.7 Å². The van der Waals surface area contributed by atoms with Crippen LogP contribution in [0.5, 0.6) is 11.5 Å². The highest BCUT2D eigenvalue weighted by Crippen LogP contribution is 2.23. The summed E-state index contributed by atoms with van der Waals surface area (Å²) in [5.41, 5.74) is 0.706. The molecule has 0 saturated carbocycles. The number of hydrogen-bond acceptors (Lipinski definition) is 6. The second kappa shape index (κ2) is 9.63. The molecule has 3 rings (SSSR count). The first kappa shape index (κ1) is 22.3. The van der Waals surface area contributed by atoms with Crippen LogP contribution in [0.25, 0.3) is 0 Å². The molecule has 9 heteroatoms. The molecule has 0 aliphatic carbocycles. The van der Waals surface area contributed by atoms with Crippen LogP contribution in [-0.2, 0) is 10.0 Å². The zero-order valence-electron chi connectivity index (χ0n) is 16.4. The molecule has 0 atom stereocenters. The number of carbonyl (C=O) groups excluding carboxylic acids is 1. The molecule has 31 heavy (non-hydrogen) atoms. The maximum absolute atomic E-state index is 12.7. The monoisotopic (exact) mass is 458 g/mol. The van der Waals surface area contributed by atoms with Crippen molar-refractivity contribution in [3.8, 4) is 11.5 Å². The van der Waals surface area contributed by atoms with Crippen LogP contribution >= 0.6 is 11.6 Å². The largest absolute Gasteiger partial charge is 0.507 e. The Morgan fingerprint density at radius 2 is 1.84 bits per heavy atom. The molecule has 0 spiro atoms. The van der Waals surface area contributed by atoms with Crippen molar-refractivity contribution in [2.45, 2.75) is 4.90 Å². The average Bonchev–Trinajstić information content (AvgIpc) is 2.75. The lowest BCUT2D eigenvalue weighted by atomic mass is 10.1. The molecule has 7 nitrogen and oxygen atoms in total. The van der Waals surface area contributed by atoms with Crippen molar-refractivity contribution in [3.05, 3.63) is 82.9 Å². The Balaban J connectivity index is 1.78. The number of aliphatic imine (C=N–C) groups is 1. The van der Waals surface area contributed by atoms with E-state index in [0.717, 1.165) is 0 Å². The van der Waals surface area contributed by atoms with E-state index in [4.69, 9.17) is 16.3 Å². The lowest BCUT2D eigenvalue weighted by Gasteiger charge is -2.11. The number of halogens is 1. The SMILES string of the molecule is COc1ccc(O)c(C=NCC(=O)c2ccccc2NS(=O)(=O)c2ccc(Cl)cc2)c1. The van der Waals surface area contributed by atoms with Gasteiger partial charge in [0.15, 0.2) is 5.78 Å². The number of aromatic hydroxyl groups is 1. The quantitative estimate of drug-likeness (QED) is 0.389. The summed E-state index contributed by atoms with van der Waals surface area (Å²) in [5, 5.41) is 10.3. The molecule has 0 amide bonds. The van der Waals surface area contributed by atoms with Crippen molar-refractivity contribution >= 4 is 39.3 Å². The number of sulfonamides is 1. The van der Waals surface area contributed by atoms with E-state index in [1.165, 1.54) is 55.8 Å². The number of rotatable bonds is 8. The number of ether oxygens (including phenoxy) is 1. The molecule has 0 aliphatic heterocycles. The molecule has 0 heterocycles. The summed E-state index contributed by atoms with van der Waals surface area (Å²) >= 11 is 5.81. The average molecular weight is 459 g/mol. The molecule has 0 saturated heterocycles. The van der Waals surface area contributed by atoms with Gasteiger partial charge < -0.3 is 9.84 Å². The van der Waals surface area contributed by atoms with Crippen LogP contribution in [0.2, 0.25) is 5.02 Å². The molecule has 2 N–H and O–H groups in total. The van der Waals surface area contributed by atoms with E-state index in [1.54, 1.807) is 24.3 Å². The van der Waals surface area contributed by atoms with Crippen molar-refractivity contribution < 1.29 is 23.1 Å². The third-order valence-electron chi connectivity index (χ3n) is 4.30. The van der Waals surface area contributed by atoms with Crippen LogP contribution in [0.1, 0.15) is 15.9 Å². The molecule has 0 aromatic heterocycles. The Morgan fingerprint density at radius 1 is 1.13 bits per heavy atom. The Labute approximate surface area is 185 Å². The molecular weight excluding hydrogens is 440 g/mol. The fourth-order valence-electron chi connectivity index (χ4n) is 2.71. The lowest BCUT2D eigenvalue weighted by molar-refractivity contribution is 0.100. The second-order valence-corrected chi connectivity index (χ2v) is 8.54. The molecule has 0 aliphatic rings. The fraction of sp³-hybridized carbons (Fsp3) is 0.0909. The van der Waals surface area contributed by atoms with Gasteiger partial charge >= 0.3 is 0 Å². The van der Waals surface area contributed by atoms with Crippen molar-refractivity contribution in [1.82, 2.24) is 0 Å². The predicted molar refractivity (Wildman–Crippen MR) is 120 cm³/mol. The molecule has 3 aromatic carbocycles. The van der Waals surface area contributed by atoms with Gasteiger partial charge in [0.05, 0.1) is 17.7 Å². The lowest BCUT2D eigenvalue weighted by Crippen LogP contribution is -2.16. The first-order valence-corrected chi connectivity index (χ1v) is 10.9. The third-order valence-corrected chi connectivity index (χ3v) is 5.93. The zero-order valence-corrected chi connectivity index (χ0v) is 18.0. The molecular formula is C22H19ClN2O5S. The highest BCUT2D eigenvalue weighted by atomic mass is 35.5. The summed E-state index contributed by atoms with van der Waals surface area (Å²) in [6.07, 6.45) is 1.36. The number of benzene rings is 3. The van der Waals surface area contributed by atoms with E-state index in [0.29, 0.717) is 16.3 Å². The normalized spacial score (nSPS) is 11.4. The van der Waals surface area contributed by atoms with Gasteiger partial charge in [-0.3, -0.25) is 14.5 Å². The number of para-hydroxylation sites is 1. The fourth-order valence-corrected chi connectivity index (χ4v) is 3.91. The number of ketones is 1. The highest BCUT2D eigenvalue weighted by molar-refractivity contribution is 7.92. The van der Waals surface area contributed by atoms with Gasteiger partial charge in [0.1, 0.15) is 18.0 Å². The number of carbonyl (C=O) groups is 1. The van der Waals surface area contributed by atoms with Gasteiger partial charge in [-0.05, 0) is 54.6 Å². The van der Waals surface area contributed by atoms with Gasteiger partial charge in [0.2, 0.25) is 0 Å². The van der Waals surface area contributed by atoms with E-state index in [-0.39, 0.29) is 28.4 Å². The zero-order chi connectivity index (χ0) is 22.4. The predicted octanol–water partition coefficient (Wildman–Crippen LogP) is 4.16. The summed E-state index contributed by atoms with van der Waals surface area (Å²) in [6.45, 7) is -0.240. The number of methoxy groups -OCH3 is 1. The van der Waals surface area contributed by atoms with Crippen molar-refractivity contribution in [1.29, 1.82) is 0 Å². The van der Waals surface area contributed by atoms with Gasteiger partial charge in [-0.2, -0.15) is 0 Å². The minimum Gasteiger partial charge on any atom is -0.507 e. The van der Waals surface area contributed by atoms with Gasteiger partial charge in [0, 0.05) is 22.4 Å². The number of nitrogens with zero attached hydrogens (tertiary/aromatic N) is 1. The van der Waals surface area contributed by atoms with Crippen molar-refractivity contribution in [3.63, 3.8) is 0 Å². The van der Waals surface area contributed by atoms with Gasteiger partial charge in [-0.15, -0.1) is 0 Å². The molecule has 160 valence electrons. The minimum atomic E-state index is -3.91. The number of phenols is 1. The first-order chi connectivity index (χ1) is 14.8. The number of Topliss-reactive ketones (excluding diaryl/α,β-unsaturated/α-hetero) is 1. The summed E-state index contributed by atoms with van der Waals surface area (Å²) in [5.74, 6) is 0.133. The summed E-state index contributed by atoms with van der Waals surface area (Å²) in [4.78, 5) is 16.8. The van der Waals surface area contributed by atoms with Crippen LogP contribution in [0.4, 0.5) is 5.69 Å². The highest BCUT2D eigenvalue weighted by Gasteiger charge is 2.18. The summed E-state index contributed by atoms with van der Waals surface area (Å²) in [6, 6.07) is 16.6. The number of nitrogens with one attached hydrogen (secondary N) is 1. The number of hydrogen-bond donors (Lipinski definition) is 2.